The molecular weight excluding hydrogens is 238 g/mol. The molecule has 0 aliphatic rings. The van der Waals surface area contributed by atoms with Crippen LogP contribution < -0.4 is 11.1 Å². The Morgan fingerprint density at radius 1 is 1.42 bits per heavy atom. The number of aromatic nitrogens is 1. The van der Waals surface area contributed by atoms with Crippen LogP contribution in [-0.4, -0.2) is 24.7 Å². The Labute approximate surface area is 113 Å². The highest BCUT2D eigenvalue weighted by atomic mass is 16.5. The third kappa shape index (κ3) is 3.45. The first-order valence-corrected chi connectivity index (χ1v) is 6.27. The van der Waals surface area contributed by atoms with Gasteiger partial charge in [-0.2, -0.15) is 0 Å². The van der Waals surface area contributed by atoms with Crippen LogP contribution in [0.25, 0.3) is 10.9 Å². The predicted molar refractivity (Wildman–Crippen MR) is 80.3 cm³/mol. The number of pyridine rings is 1. The van der Waals surface area contributed by atoms with Gasteiger partial charge in [-0.1, -0.05) is 30.4 Å². The Hall–Kier alpha value is -2.07. The van der Waals surface area contributed by atoms with E-state index in [9.17, 15) is 0 Å². The van der Waals surface area contributed by atoms with Crippen molar-refractivity contribution in [3.05, 3.63) is 42.6 Å². The summed E-state index contributed by atoms with van der Waals surface area (Å²) in [6, 6.07) is 7.92. The van der Waals surface area contributed by atoms with Gasteiger partial charge in [-0.15, -0.1) is 0 Å². The van der Waals surface area contributed by atoms with Crippen LogP contribution in [0.2, 0.25) is 0 Å². The maximum atomic E-state index is 5.97. The Kier molecular flexibility index (Phi) is 4.36. The van der Waals surface area contributed by atoms with E-state index in [0.717, 1.165) is 22.2 Å². The van der Waals surface area contributed by atoms with E-state index in [0.29, 0.717) is 25.4 Å². The highest BCUT2D eigenvalue weighted by Crippen LogP contribution is 2.27. The van der Waals surface area contributed by atoms with Crippen molar-refractivity contribution in [1.82, 2.24) is 4.98 Å². The molecule has 1 aromatic heterocycles. The number of fused-ring (bicyclic) bond motifs is 1. The van der Waals surface area contributed by atoms with E-state index in [4.69, 9.17) is 10.5 Å². The zero-order chi connectivity index (χ0) is 13.7. The smallest absolute Gasteiger partial charge is 0.0743 e. The zero-order valence-electron chi connectivity index (χ0n) is 11.1. The molecule has 2 aromatic rings. The topological polar surface area (TPSA) is 60.2 Å². The van der Waals surface area contributed by atoms with Crippen LogP contribution in [0.15, 0.2) is 42.6 Å². The van der Waals surface area contributed by atoms with Crippen molar-refractivity contribution in [1.29, 1.82) is 0 Å². The van der Waals surface area contributed by atoms with Crippen LogP contribution in [0.4, 0.5) is 11.4 Å². The number of benzene rings is 1. The average molecular weight is 257 g/mol. The number of nitrogens with zero attached hydrogens (tertiary/aromatic N) is 1. The fourth-order valence-electron chi connectivity index (χ4n) is 1.85. The average Bonchev–Trinajstić information content (AvgIpc) is 2.40. The number of hydrogen-bond acceptors (Lipinski definition) is 4. The number of rotatable bonds is 6. The second kappa shape index (κ2) is 6.20. The highest BCUT2D eigenvalue weighted by Gasteiger charge is 2.05. The van der Waals surface area contributed by atoms with Gasteiger partial charge in [-0.25, -0.2) is 0 Å². The summed E-state index contributed by atoms with van der Waals surface area (Å²) in [6.45, 7) is 7.64. The maximum absolute atomic E-state index is 5.97. The van der Waals surface area contributed by atoms with Crippen LogP contribution in [0.3, 0.4) is 0 Å². The third-order valence-corrected chi connectivity index (χ3v) is 2.70. The number of anilines is 2. The lowest BCUT2D eigenvalue weighted by atomic mass is 10.1. The van der Waals surface area contributed by atoms with Crippen molar-refractivity contribution in [2.45, 2.75) is 6.92 Å². The normalized spacial score (nSPS) is 10.6. The van der Waals surface area contributed by atoms with Crippen molar-refractivity contribution < 1.29 is 4.74 Å². The molecule has 0 saturated heterocycles. The molecule has 0 saturated carbocycles. The summed E-state index contributed by atoms with van der Waals surface area (Å²) >= 11 is 0. The molecule has 0 aliphatic carbocycles. The Morgan fingerprint density at radius 3 is 3.00 bits per heavy atom. The second-order valence-electron chi connectivity index (χ2n) is 4.54. The van der Waals surface area contributed by atoms with Crippen molar-refractivity contribution in [3.8, 4) is 0 Å². The predicted octanol–water partition coefficient (Wildman–Crippen LogP) is 2.82. The first-order valence-electron chi connectivity index (χ1n) is 6.27. The number of nitrogen functional groups attached to an aromatic ring is 1. The van der Waals surface area contributed by atoms with Gasteiger partial charge in [0, 0.05) is 11.9 Å². The molecular formula is C15H19N3O. The molecule has 2 rings (SSSR count). The second-order valence-corrected chi connectivity index (χ2v) is 4.54. The molecule has 0 aliphatic heterocycles. The largest absolute Gasteiger partial charge is 0.396 e. The van der Waals surface area contributed by atoms with Gasteiger partial charge < -0.3 is 15.8 Å². The monoisotopic (exact) mass is 257 g/mol. The fourth-order valence-corrected chi connectivity index (χ4v) is 1.85. The molecule has 0 spiro atoms. The van der Waals surface area contributed by atoms with Crippen LogP contribution in [0, 0.1) is 0 Å². The third-order valence-electron chi connectivity index (χ3n) is 2.70. The van der Waals surface area contributed by atoms with Gasteiger partial charge in [0.15, 0.2) is 0 Å². The van der Waals surface area contributed by atoms with Gasteiger partial charge in [0.1, 0.15) is 0 Å². The summed E-state index contributed by atoms with van der Waals surface area (Å²) < 4.78 is 5.45. The van der Waals surface area contributed by atoms with Crippen molar-refractivity contribution in [3.63, 3.8) is 0 Å². The summed E-state index contributed by atoms with van der Waals surface area (Å²) in [7, 11) is 0. The van der Waals surface area contributed by atoms with Crippen LogP contribution in [-0.2, 0) is 4.74 Å². The minimum Gasteiger partial charge on any atom is -0.396 e. The molecule has 4 heteroatoms. The van der Waals surface area contributed by atoms with Gasteiger partial charge in [0.25, 0.3) is 0 Å². The van der Waals surface area contributed by atoms with Gasteiger partial charge in [-0.05, 0) is 13.0 Å². The molecule has 1 aromatic carbocycles. The molecule has 100 valence electrons. The molecule has 3 N–H and O–H groups in total. The Bertz CT molecular complexity index is 581. The van der Waals surface area contributed by atoms with Crippen molar-refractivity contribution in [2.75, 3.05) is 30.8 Å². The van der Waals surface area contributed by atoms with E-state index in [1.54, 1.807) is 6.20 Å². The summed E-state index contributed by atoms with van der Waals surface area (Å²) in [5, 5.41) is 4.34. The molecule has 0 radical (unpaired) electrons. The first kappa shape index (κ1) is 13.4. The van der Waals surface area contributed by atoms with Crippen molar-refractivity contribution >= 4 is 22.3 Å². The fraction of sp³-hybridized carbons (Fsp3) is 0.267. The molecule has 0 bridgehead atoms. The van der Waals surface area contributed by atoms with Gasteiger partial charge in [0.2, 0.25) is 0 Å². The molecule has 0 fully saturated rings. The summed E-state index contributed by atoms with van der Waals surface area (Å²) in [4.78, 5) is 4.30. The molecule has 1 heterocycles. The van der Waals surface area contributed by atoms with E-state index in [2.05, 4.69) is 16.9 Å². The van der Waals surface area contributed by atoms with Gasteiger partial charge in [0.05, 0.1) is 36.3 Å². The van der Waals surface area contributed by atoms with Crippen LogP contribution in [0.1, 0.15) is 6.92 Å². The van der Waals surface area contributed by atoms with E-state index < -0.39 is 0 Å². The van der Waals surface area contributed by atoms with E-state index in [1.807, 2.05) is 31.2 Å². The number of ether oxygens (including phenoxy) is 1. The molecule has 19 heavy (non-hydrogen) atoms. The van der Waals surface area contributed by atoms with Crippen LogP contribution in [0.5, 0.6) is 0 Å². The zero-order valence-corrected chi connectivity index (χ0v) is 11.1. The summed E-state index contributed by atoms with van der Waals surface area (Å²) in [6.07, 6.45) is 1.68. The van der Waals surface area contributed by atoms with Gasteiger partial charge in [-0.3, -0.25) is 4.98 Å². The Morgan fingerprint density at radius 2 is 2.21 bits per heavy atom. The Balaban J connectivity index is 2.03. The molecule has 0 unspecified atom stereocenters. The van der Waals surface area contributed by atoms with Crippen molar-refractivity contribution in [2.24, 2.45) is 0 Å². The highest BCUT2D eigenvalue weighted by molar-refractivity contribution is 5.96. The minimum absolute atomic E-state index is 0.592. The molecule has 4 nitrogen and oxygen atoms in total. The minimum atomic E-state index is 0.592. The summed E-state index contributed by atoms with van der Waals surface area (Å²) in [5.74, 6) is 0. The lowest BCUT2D eigenvalue weighted by Crippen LogP contribution is -2.12. The van der Waals surface area contributed by atoms with E-state index in [1.165, 1.54) is 0 Å². The number of nitrogens with one attached hydrogen (secondary N) is 1. The molecule has 0 amide bonds. The standard InChI is InChI=1S/C15H19N3O/c1-11(2)10-19-8-7-17-15-12-5-3-4-6-14(12)18-9-13(15)16/h3-6,9H,1,7-8,10,16H2,2H3,(H,17,18). The van der Waals surface area contributed by atoms with Crippen LogP contribution >= 0.6 is 0 Å². The number of nitrogens with two attached hydrogens (primary N) is 1. The quantitative estimate of drug-likeness (QED) is 0.617. The number of para-hydroxylation sites is 1. The summed E-state index contributed by atoms with van der Waals surface area (Å²) in [5.41, 5.74) is 9.50. The maximum Gasteiger partial charge on any atom is 0.0743 e. The molecule has 0 atom stereocenters. The van der Waals surface area contributed by atoms with Gasteiger partial charge >= 0.3 is 0 Å². The SMILES string of the molecule is C=C(C)COCCNc1c(N)cnc2ccccc12. The lowest BCUT2D eigenvalue weighted by Gasteiger charge is -2.12. The first-order chi connectivity index (χ1) is 9.18. The number of hydrogen-bond donors (Lipinski definition) is 2. The van der Waals surface area contributed by atoms with E-state index in [-0.39, 0.29) is 0 Å². The van der Waals surface area contributed by atoms with E-state index >= 15 is 0 Å². The lowest BCUT2D eigenvalue weighted by molar-refractivity contribution is 0.167.